The Morgan fingerprint density at radius 2 is 2.13 bits per heavy atom. The molecule has 0 spiro atoms. The molecule has 0 saturated carbocycles. The fourth-order valence-electron chi connectivity index (χ4n) is 0.670. The minimum Gasteiger partial charge on any atom is -0.471 e. The highest BCUT2D eigenvalue weighted by atomic mass is 19.3. The molecule has 0 amide bonds. The lowest BCUT2D eigenvalue weighted by Gasteiger charge is -2.15. The Morgan fingerprint density at radius 1 is 1.47 bits per heavy atom. The fourth-order valence-corrected chi connectivity index (χ4v) is 0.670. The van der Waals surface area contributed by atoms with Crippen molar-refractivity contribution in [3.63, 3.8) is 0 Å². The van der Waals surface area contributed by atoms with Crippen molar-refractivity contribution < 1.29 is 22.3 Å². The lowest BCUT2D eigenvalue weighted by atomic mass is 10.4. The van der Waals surface area contributed by atoms with Gasteiger partial charge in [-0.05, 0) is 0 Å². The van der Waals surface area contributed by atoms with Gasteiger partial charge in [-0.15, -0.1) is 0 Å². The van der Waals surface area contributed by atoms with E-state index in [0.29, 0.717) is 0 Å². The molecule has 4 nitrogen and oxygen atoms in total. The number of rotatable bonds is 4. The van der Waals surface area contributed by atoms with Gasteiger partial charge in [0.2, 0.25) is 11.8 Å². The summed E-state index contributed by atoms with van der Waals surface area (Å²) in [6.45, 7) is -1.46. The van der Waals surface area contributed by atoms with Crippen LogP contribution in [0.4, 0.5) is 23.5 Å². The molecule has 2 N–H and O–H groups in total. The molecule has 1 rings (SSSR count). The van der Waals surface area contributed by atoms with E-state index < -0.39 is 19.0 Å². The Balaban J connectivity index is 2.57. The van der Waals surface area contributed by atoms with E-state index in [1.54, 1.807) is 0 Å². The second-order valence-electron chi connectivity index (χ2n) is 2.60. The molecule has 84 valence electrons. The van der Waals surface area contributed by atoms with Crippen LogP contribution in [-0.4, -0.2) is 28.9 Å². The number of ether oxygens (including phenoxy) is 1. The molecule has 0 aliphatic rings. The van der Waals surface area contributed by atoms with E-state index in [0.717, 1.165) is 12.3 Å². The number of nitrogens with zero attached hydrogens (tertiary/aromatic N) is 2. The number of anilines is 1. The maximum atomic E-state index is 12.4. The molecular formula is C7H7F4N3O. The van der Waals surface area contributed by atoms with Crippen molar-refractivity contribution in [3.05, 3.63) is 12.3 Å². The van der Waals surface area contributed by atoms with Gasteiger partial charge in [-0.25, -0.2) is 13.8 Å². The molecule has 0 aliphatic heterocycles. The lowest BCUT2D eigenvalue weighted by Crippen LogP contribution is -2.33. The van der Waals surface area contributed by atoms with E-state index in [4.69, 9.17) is 5.73 Å². The second kappa shape index (κ2) is 4.28. The van der Waals surface area contributed by atoms with Crippen LogP contribution in [0.25, 0.3) is 0 Å². The summed E-state index contributed by atoms with van der Waals surface area (Å²) >= 11 is 0. The highest BCUT2D eigenvalue weighted by molar-refractivity contribution is 5.20. The van der Waals surface area contributed by atoms with Gasteiger partial charge in [0, 0.05) is 12.3 Å². The number of alkyl halides is 4. The van der Waals surface area contributed by atoms with Crippen LogP contribution in [0.1, 0.15) is 0 Å². The Hall–Kier alpha value is -1.60. The van der Waals surface area contributed by atoms with Crippen molar-refractivity contribution in [2.75, 3.05) is 12.3 Å². The summed E-state index contributed by atoms with van der Waals surface area (Å²) in [7, 11) is 0. The number of halogens is 4. The lowest BCUT2D eigenvalue weighted by molar-refractivity contribution is -0.148. The summed E-state index contributed by atoms with van der Waals surface area (Å²) in [5, 5.41) is 0. The summed E-state index contributed by atoms with van der Waals surface area (Å²) in [4.78, 5) is 6.87. The normalized spacial score (nSPS) is 11.8. The highest BCUT2D eigenvalue weighted by Gasteiger charge is 2.41. The Labute approximate surface area is 82.1 Å². The van der Waals surface area contributed by atoms with Crippen LogP contribution in [0.2, 0.25) is 0 Å². The molecule has 1 heterocycles. The van der Waals surface area contributed by atoms with Crippen molar-refractivity contribution in [2.24, 2.45) is 0 Å². The molecule has 0 radical (unpaired) electrons. The summed E-state index contributed by atoms with van der Waals surface area (Å²) in [6.07, 6.45) is -2.62. The zero-order chi connectivity index (χ0) is 11.5. The molecule has 0 fully saturated rings. The molecule has 0 bridgehead atoms. The number of aromatic nitrogens is 2. The van der Waals surface area contributed by atoms with Crippen LogP contribution in [0, 0.1) is 0 Å². The summed E-state index contributed by atoms with van der Waals surface area (Å²) in [5.74, 6) is -4.67. The van der Waals surface area contributed by atoms with Crippen molar-refractivity contribution >= 4 is 5.95 Å². The zero-order valence-corrected chi connectivity index (χ0v) is 7.33. The quantitative estimate of drug-likeness (QED) is 0.785. The van der Waals surface area contributed by atoms with Crippen LogP contribution in [-0.2, 0) is 0 Å². The van der Waals surface area contributed by atoms with Crippen LogP contribution in [0.3, 0.4) is 0 Å². The third-order valence-electron chi connectivity index (χ3n) is 1.38. The van der Waals surface area contributed by atoms with Crippen LogP contribution in [0.15, 0.2) is 12.3 Å². The molecular weight excluding hydrogens is 218 g/mol. The number of hydrogen-bond donors (Lipinski definition) is 1. The molecule has 15 heavy (non-hydrogen) atoms. The topological polar surface area (TPSA) is 61.0 Å². The maximum Gasteiger partial charge on any atom is 0.340 e. The minimum atomic E-state index is -4.21. The van der Waals surface area contributed by atoms with Gasteiger partial charge >= 0.3 is 12.3 Å². The second-order valence-corrected chi connectivity index (χ2v) is 2.60. The van der Waals surface area contributed by atoms with E-state index in [1.165, 1.54) is 0 Å². The van der Waals surface area contributed by atoms with Crippen molar-refractivity contribution in [1.29, 1.82) is 0 Å². The third-order valence-corrected chi connectivity index (χ3v) is 1.38. The molecule has 0 aromatic carbocycles. The van der Waals surface area contributed by atoms with Gasteiger partial charge in [0.25, 0.3) is 0 Å². The van der Waals surface area contributed by atoms with Gasteiger partial charge in [-0.2, -0.15) is 13.8 Å². The Kier molecular flexibility index (Phi) is 3.28. The zero-order valence-electron chi connectivity index (χ0n) is 7.33. The third kappa shape index (κ3) is 3.22. The number of nitrogens with two attached hydrogens (primary N) is 1. The van der Waals surface area contributed by atoms with E-state index in [9.17, 15) is 17.6 Å². The first-order chi connectivity index (χ1) is 6.92. The monoisotopic (exact) mass is 225 g/mol. The standard InChI is InChI=1S/C7H7F4N3O/c8-5(9)7(10,11)3-15-4-1-2-13-6(12)14-4/h1-2,5H,3H2,(H2,12,13,14). The summed E-state index contributed by atoms with van der Waals surface area (Å²) in [6, 6.07) is 1.14. The maximum absolute atomic E-state index is 12.4. The summed E-state index contributed by atoms with van der Waals surface area (Å²) < 4.78 is 52.5. The van der Waals surface area contributed by atoms with Gasteiger partial charge in [0.05, 0.1) is 0 Å². The van der Waals surface area contributed by atoms with E-state index in [-0.39, 0.29) is 11.8 Å². The fraction of sp³-hybridized carbons (Fsp3) is 0.429. The van der Waals surface area contributed by atoms with E-state index in [2.05, 4.69) is 14.7 Å². The van der Waals surface area contributed by atoms with E-state index >= 15 is 0 Å². The Morgan fingerprint density at radius 3 is 2.67 bits per heavy atom. The first-order valence-electron chi connectivity index (χ1n) is 3.79. The average molecular weight is 225 g/mol. The molecule has 0 aliphatic carbocycles. The largest absolute Gasteiger partial charge is 0.471 e. The van der Waals surface area contributed by atoms with Crippen LogP contribution in [0.5, 0.6) is 5.88 Å². The number of hydrogen-bond acceptors (Lipinski definition) is 4. The molecule has 8 heteroatoms. The molecule has 1 aromatic rings. The van der Waals surface area contributed by atoms with Gasteiger partial charge in [-0.3, -0.25) is 0 Å². The van der Waals surface area contributed by atoms with Crippen molar-refractivity contribution in [3.8, 4) is 5.88 Å². The predicted molar refractivity (Wildman–Crippen MR) is 42.9 cm³/mol. The minimum absolute atomic E-state index is 0.187. The average Bonchev–Trinajstić information content (AvgIpc) is 2.15. The number of nitrogen functional groups attached to an aromatic ring is 1. The van der Waals surface area contributed by atoms with Gasteiger partial charge < -0.3 is 10.5 Å². The van der Waals surface area contributed by atoms with Gasteiger partial charge in [0.1, 0.15) is 0 Å². The smallest absolute Gasteiger partial charge is 0.340 e. The first-order valence-corrected chi connectivity index (χ1v) is 3.79. The van der Waals surface area contributed by atoms with Crippen molar-refractivity contribution in [2.45, 2.75) is 12.3 Å². The highest BCUT2D eigenvalue weighted by Crippen LogP contribution is 2.23. The molecule has 0 atom stereocenters. The van der Waals surface area contributed by atoms with Crippen LogP contribution >= 0.6 is 0 Å². The molecule has 1 aromatic heterocycles. The van der Waals surface area contributed by atoms with Gasteiger partial charge in [-0.1, -0.05) is 0 Å². The predicted octanol–water partition coefficient (Wildman–Crippen LogP) is 1.34. The van der Waals surface area contributed by atoms with E-state index in [1.807, 2.05) is 0 Å². The summed E-state index contributed by atoms with van der Waals surface area (Å²) in [5.41, 5.74) is 5.12. The van der Waals surface area contributed by atoms with Gasteiger partial charge in [0.15, 0.2) is 6.61 Å². The molecule has 0 unspecified atom stereocenters. The SMILES string of the molecule is Nc1nccc(OCC(F)(F)C(F)F)n1. The van der Waals surface area contributed by atoms with Crippen molar-refractivity contribution in [1.82, 2.24) is 9.97 Å². The first kappa shape index (κ1) is 11.5. The molecule has 0 saturated heterocycles. The Bertz CT molecular complexity index is 334. The van der Waals surface area contributed by atoms with Crippen LogP contribution < -0.4 is 10.5 Å².